The third-order valence-electron chi connectivity index (χ3n) is 5.75. The molecule has 166 valence electrons. The molecule has 3 aromatic rings. The Kier molecular flexibility index (Phi) is 7.06. The maximum atomic E-state index is 12.8. The Hall–Kier alpha value is -2.62. The van der Waals surface area contributed by atoms with Crippen LogP contribution in [0.25, 0.3) is 10.9 Å². The number of ether oxygens (including phenoxy) is 2. The molecule has 0 aliphatic carbocycles. The van der Waals surface area contributed by atoms with Gasteiger partial charge in [0.05, 0.1) is 25.8 Å². The highest BCUT2D eigenvalue weighted by Gasteiger charge is 2.22. The van der Waals surface area contributed by atoms with E-state index in [9.17, 15) is 4.79 Å². The van der Waals surface area contributed by atoms with E-state index in [4.69, 9.17) is 9.47 Å². The average molecular weight is 427 g/mol. The molecule has 1 saturated heterocycles. The molecule has 9 heteroatoms. The van der Waals surface area contributed by atoms with E-state index in [0.29, 0.717) is 26.2 Å². The zero-order valence-electron chi connectivity index (χ0n) is 18.2. The quantitative estimate of drug-likeness (QED) is 0.529. The van der Waals surface area contributed by atoms with E-state index in [1.165, 1.54) is 5.56 Å². The second kappa shape index (κ2) is 10.1. The molecule has 1 aliphatic rings. The molecule has 9 nitrogen and oxygen atoms in total. The van der Waals surface area contributed by atoms with Crippen molar-refractivity contribution in [1.82, 2.24) is 30.1 Å². The predicted molar refractivity (Wildman–Crippen MR) is 117 cm³/mol. The third kappa shape index (κ3) is 5.36. The van der Waals surface area contributed by atoms with Gasteiger partial charge < -0.3 is 14.5 Å². The number of methoxy groups -OCH3 is 1. The molecule has 1 atom stereocenters. The van der Waals surface area contributed by atoms with Gasteiger partial charge in [0.2, 0.25) is 0 Å². The van der Waals surface area contributed by atoms with E-state index in [-0.39, 0.29) is 11.7 Å². The van der Waals surface area contributed by atoms with Crippen molar-refractivity contribution in [2.45, 2.75) is 51.9 Å². The molecule has 3 heterocycles. The molecule has 0 unspecified atom stereocenters. The summed E-state index contributed by atoms with van der Waals surface area (Å²) in [6, 6.07) is 8.18. The minimum absolute atomic E-state index is 0.0620. The lowest BCUT2D eigenvalue weighted by atomic mass is 10.1. The lowest BCUT2D eigenvalue weighted by Crippen LogP contribution is -2.34. The SMILES string of the molecule is CCc1ccc2[nH]c(=O)c(CN(Cc3nnnn3CCOC)C[C@@H]3CCCO3)cc2c1. The van der Waals surface area contributed by atoms with E-state index < -0.39 is 0 Å². The number of benzene rings is 1. The summed E-state index contributed by atoms with van der Waals surface area (Å²) in [5.41, 5.74) is 2.78. The summed E-state index contributed by atoms with van der Waals surface area (Å²) in [4.78, 5) is 18.0. The molecule has 1 fully saturated rings. The van der Waals surface area contributed by atoms with Gasteiger partial charge in [-0.25, -0.2) is 4.68 Å². The van der Waals surface area contributed by atoms with Crippen molar-refractivity contribution in [1.29, 1.82) is 0 Å². The molecule has 1 aromatic carbocycles. The lowest BCUT2D eigenvalue weighted by molar-refractivity contribution is 0.0660. The zero-order chi connectivity index (χ0) is 21.6. The summed E-state index contributed by atoms with van der Waals surface area (Å²) in [6.07, 6.45) is 3.22. The van der Waals surface area contributed by atoms with Gasteiger partial charge in [-0.1, -0.05) is 13.0 Å². The maximum absolute atomic E-state index is 12.8. The van der Waals surface area contributed by atoms with E-state index in [1.54, 1.807) is 11.8 Å². The van der Waals surface area contributed by atoms with E-state index >= 15 is 0 Å². The molecule has 2 aromatic heterocycles. The molecule has 0 spiro atoms. The molecule has 1 aliphatic heterocycles. The van der Waals surface area contributed by atoms with E-state index in [1.807, 2.05) is 12.1 Å². The smallest absolute Gasteiger partial charge is 0.252 e. The molecular formula is C22H30N6O3. The van der Waals surface area contributed by atoms with Crippen molar-refractivity contribution in [3.8, 4) is 0 Å². The van der Waals surface area contributed by atoms with Crippen LogP contribution in [-0.2, 0) is 35.5 Å². The van der Waals surface area contributed by atoms with E-state index in [0.717, 1.165) is 54.7 Å². The fourth-order valence-corrected chi connectivity index (χ4v) is 4.03. The molecule has 31 heavy (non-hydrogen) atoms. The Morgan fingerprint density at radius 2 is 2.23 bits per heavy atom. The van der Waals surface area contributed by atoms with Crippen molar-refractivity contribution in [2.75, 3.05) is 26.9 Å². The number of rotatable bonds is 10. The number of pyridine rings is 1. The first-order valence-electron chi connectivity index (χ1n) is 10.9. The number of aromatic nitrogens is 5. The molecule has 4 rings (SSSR count). The van der Waals surface area contributed by atoms with Gasteiger partial charge in [-0.15, -0.1) is 5.10 Å². The number of aromatic amines is 1. The van der Waals surface area contributed by atoms with Crippen molar-refractivity contribution >= 4 is 10.9 Å². The summed E-state index contributed by atoms with van der Waals surface area (Å²) < 4.78 is 12.8. The van der Waals surface area contributed by atoms with Crippen LogP contribution in [0.1, 0.15) is 36.7 Å². The van der Waals surface area contributed by atoms with Gasteiger partial charge in [0.15, 0.2) is 5.82 Å². The maximum Gasteiger partial charge on any atom is 0.252 e. The monoisotopic (exact) mass is 426 g/mol. The fourth-order valence-electron chi connectivity index (χ4n) is 4.03. The second-order valence-corrected chi connectivity index (χ2v) is 8.01. The number of hydrogen-bond donors (Lipinski definition) is 1. The average Bonchev–Trinajstić information content (AvgIpc) is 3.44. The van der Waals surface area contributed by atoms with Crippen LogP contribution in [0.4, 0.5) is 0 Å². The normalized spacial score (nSPS) is 16.5. The number of tetrazole rings is 1. The Labute approximate surface area is 181 Å². The van der Waals surface area contributed by atoms with Crippen LogP contribution in [0.5, 0.6) is 0 Å². The summed E-state index contributed by atoms with van der Waals surface area (Å²) in [5, 5.41) is 13.1. The zero-order valence-corrected chi connectivity index (χ0v) is 18.2. The van der Waals surface area contributed by atoms with Crippen LogP contribution >= 0.6 is 0 Å². The van der Waals surface area contributed by atoms with Crippen molar-refractivity contribution in [3.63, 3.8) is 0 Å². The Morgan fingerprint density at radius 1 is 1.32 bits per heavy atom. The number of nitrogens with zero attached hydrogens (tertiary/aromatic N) is 5. The molecule has 0 amide bonds. The number of fused-ring (bicyclic) bond motifs is 1. The Balaban J connectivity index is 1.59. The highest BCUT2D eigenvalue weighted by Crippen LogP contribution is 2.18. The molecular weight excluding hydrogens is 396 g/mol. The van der Waals surface area contributed by atoms with Crippen LogP contribution in [-0.4, -0.2) is 63.1 Å². The molecule has 0 radical (unpaired) electrons. The standard InChI is InChI=1S/C22H30N6O3/c1-3-16-6-7-20-17(11-16)12-18(22(29)23-20)13-27(14-19-5-4-9-31-19)15-21-24-25-26-28(21)8-10-30-2/h6-7,11-12,19H,3-5,8-10,13-15H2,1-2H3,(H,23,29)/t19-/m0/s1. The predicted octanol–water partition coefficient (Wildman–Crippen LogP) is 1.90. The van der Waals surface area contributed by atoms with Gasteiger partial charge in [-0.05, 0) is 58.8 Å². The van der Waals surface area contributed by atoms with Crippen molar-refractivity contribution in [3.05, 3.63) is 51.6 Å². The fraction of sp³-hybridized carbons (Fsp3) is 0.545. The van der Waals surface area contributed by atoms with Crippen molar-refractivity contribution in [2.24, 2.45) is 0 Å². The number of nitrogens with one attached hydrogen (secondary N) is 1. The topological polar surface area (TPSA) is 98.2 Å². The van der Waals surface area contributed by atoms with Gasteiger partial charge in [-0.2, -0.15) is 0 Å². The van der Waals surface area contributed by atoms with Crippen molar-refractivity contribution < 1.29 is 9.47 Å². The Morgan fingerprint density at radius 3 is 3.00 bits per heavy atom. The van der Waals surface area contributed by atoms with Gasteiger partial charge in [0, 0.05) is 37.9 Å². The second-order valence-electron chi connectivity index (χ2n) is 8.01. The first kappa shape index (κ1) is 21.6. The number of H-pyrrole nitrogens is 1. The summed E-state index contributed by atoms with van der Waals surface area (Å²) in [7, 11) is 1.66. The van der Waals surface area contributed by atoms with Gasteiger partial charge in [0.1, 0.15) is 0 Å². The highest BCUT2D eigenvalue weighted by molar-refractivity contribution is 5.79. The molecule has 1 N–H and O–H groups in total. The minimum atomic E-state index is -0.0620. The van der Waals surface area contributed by atoms with Gasteiger partial charge >= 0.3 is 0 Å². The first-order valence-corrected chi connectivity index (χ1v) is 10.9. The number of aryl methyl sites for hydroxylation is 1. The highest BCUT2D eigenvalue weighted by atomic mass is 16.5. The third-order valence-corrected chi connectivity index (χ3v) is 5.75. The molecule has 0 saturated carbocycles. The van der Waals surface area contributed by atoms with Crippen LogP contribution < -0.4 is 5.56 Å². The first-order chi connectivity index (χ1) is 15.2. The summed E-state index contributed by atoms with van der Waals surface area (Å²) >= 11 is 0. The van der Waals surface area contributed by atoms with Gasteiger partial charge in [0.25, 0.3) is 5.56 Å². The summed E-state index contributed by atoms with van der Waals surface area (Å²) in [6.45, 7) is 5.80. The minimum Gasteiger partial charge on any atom is -0.383 e. The van der Waals surface area contributed by atoms with Crippen LogP contribution in [0.3, 0.4) is 0 Å². The molecule has 0 bridgehead atoms. The number of hydrogen-bond acceptors (Lipinski definition) is 7. The van der Waals surface area contributed by atoms with Crippen LogP contribution in [0.15, 0.2) is 29.1 Å². The van der Waals surface area contributed by atoms with Crippen LogP contribution in [0, 0.1) is 0 Å². The largest absolute Gasteiger partial charge is 0.383 e. The van der Waals surface area contributed by atoms with Crippen LogP contribution in [0.2, 0.25) is 0 Å². The van der Waals surface area contributed by atoms with E-state index in [2.05, 4.69) is 44.5 Å². The Bertz CT molecular complexity index is 1060. The summed E-state index contributed by atoms with van der Waals surface area (Å²) in [5.74, 6) is 0.750. The van der Waals surface area contributed by atoms with Gasteiger partial charge in [-0.3, -0.25) is 9.69 Å². The lowest BCUT2D eigenvalue weighted by Gasteiger charge is -2.24.